The highest BCUT2D eigenvalue weighted by Gasteiger charge is 2.15. The lowest BCUT2D eigenvalue weighted by Gasteiger charge is -2.15. The summed E-state index contributed by atoms with van der Waals surface area (Å²) in [6.07, 6.45) is 1.61. The van der Waals surface area contributed by atoms with Crippen LogP contribution in [0.3, 0.4) is 0 Å². The van der Waals surface area contributed by atoms with E-state index in [-0.39, 0.29) is 0 Å². The standard InChI is InChI=1S/C22H30ClN3O3/c1-5-24-22(25-14-12-16-6-9-18(23)10-7-16)26-15-13-17-8-11-19(27-2)21(29-4)20(17)28-3/h6-11H,5,12-15H2,1-4H3,(H2,24,25,26). The summed E-state index contributed by atoms with van der Waals surface area (Å²) in [6, 6.07) is 11.8. The molecule has 0 atom stereocenters. The summed E-state index contributed by atoms with van der Waals surface area (Å²) in [5.41, 5.74) is 2.25. The van der Waals surface area contributed by atoms with Gasteiger partial charge in [0.2, 0.25) is 5.75 Å². The molecule has 6 nitrogen and oxygen atoms in total. The smallest absolute Gasteiger partial charge is 0.203 e. The van der Waals surface area contributed by atoms with Gasteiger partial charge in [-0.25, -0.2) is 0 Å². The maximum atomic E-state index is 5.93. The van der Waals surface area contributed by atoms with Gasteiger partial charge in [-0.1, -0.05) is 29.8 Å². The third kappa shape index (κ3) is 6.75. The highest BCUT2D eigenvalue weighted by molar-refractivity contribution is 6.30. The van der Waals surface area contributed by atoms with E-state index in [9.17, 15) is 0 Å². The van der Waals surface area contributed by atoms with E-state index in [1.165, 1.54) is 5.56 Å². The lowest BCUT2D eigenvalue weighted by atomic mass is 10.1. The minimum atomic E-state index is 0.601. The highest BCUT2D eigenvalue weighted by Crippen LogP contribution is 2.39. The Bertz CT molecular complexity index is 795. The molecule has 0 aliphatic carbocycles. The van der Waals surface area contributed by atoms with E-state index in [2.05, 4.69) is 15.6 Å². The molecule has 0 fully saturated rings. The van der Waals surface area contributed by atoms with Gasteiger partial charge in [0.15, 0.2) is 17.5 Å². The first-order valence-electron chi connectivity index (χ1n) is 9.67. The first-order chi connectivity index (χ1) is 14.1. The number of hydrogen-bond donors (Lipinski definition) is 2. The van der Waals surface area contributed by atoms with Crippen molar-refractivity contribution in [3.8, 4) is 17.2 Å². The second-order valence-electron chi connectivity index (χ2n) is 6.31. The molecule has 2 N–H and O–H groups in total. The van der Waals surface area contributed by atoms with E-state index in [0.717, 1.165) is 42.5 Å². The summed E-state index contributed by atoms with van der Waals surface area (Å²) >= 11 is 5.93. The molecule has 7 heteroatoms. The lowest BCUT2D eigenvalue weighted by Crippen LogP contribution is -2.38. The van der Waals surface area contributed by atoms with E-state index in [1.807, 2.05) is 43.3 Å². The van der Waals surface area contributed by atoms with E-state index in [4.69, 9.17) is 25.8 Å². The van der Waals surface area contributed by atoms with Crippen molar-refractivity contribution >= 4 is 17.6 Å². The highest BCUT2D eigenvalue weighted by atomic mass is 35.5. The third-order valence-electron chi connectivity index (χ3n) is 4.40. The molecule has 0 heterocycles. The van der Waals surface area contributed by atoms with E-state index >= 15 is 0 Å². The van der Waals surface area contributed by atoms with Crippen molar-refractivity contribution in [2.24, 2.45) is 4.99 Å². The number of hydrogen-bond acceptors (Lipinski definition) is 4. The second kappa shape index (κ2) is 12.1. The van der Waals surface area contributed by atoms with Crippen LogP contribution in [-0.2, 0) is 12.8 Å². The average Bonchev–Trinajstić information content (AvgIpc) is 2.74. The molecule has 0 unspecified atom stereocenters. The zero-order valence-corrected chi connectivity index (χ0v) is 18.3. The number of rotatable bonds is 10. The van der Waals surface area contributed by atoms with Crippen molar-refractivity contribution in [3.05, 3.63) is 52.5 Å². The molecule has 2 aromatic carbocycles. The van der Waals surface area contributed by atoms with Crippen LogP contribution in [-0.4, -0.2) is 46.9 Å². The quantitative estimate of drug-likeness (QED) is 0.454. The van der Waals surface area contributed by atoms with Gasteiger partial charge in [0.25, 0.3) is 0 Å². The summed E-state index contributed by atoms with van der Waals surface area (Å²) in [6.45, 7) is 4.25. The number of aliphatic imine (C=N–C) groups is 1. The van der Waals surface area contributed by atoms with Crippen molar-refractivity contribution in [3.63, 3.8) is 0 Å². The molecule has 0 amide bonds. The van der Waals surface area contributed by atoms with E-state index in [0.29, 0.717) is 23.8 Å². The Morgan fingerprint density at radius 2 is 1.62 bits per heavy atom. The Morgan fingerprint density at radius 3 is 2.24 bits per heavy atom. The summed E-state index contributed by atoms with van der Waals surface area (Å²) in [5, 5.41) is 7.40. The number of benzene rings is 2. The molecule has 2 aromatic rings. The topological polar surface area (TPSA) is 64.1 Å². The molecule has 0 radical (unpaired) electrons. The van der Waals surface area contributed by atoms with Crippen LogP contribution in [0.2, 0.25) is 5.02 Å². The Labute approximate surface area is 178 Å². The molecule has 0 aromatic heterocycles. The molecular weight excluding hydrogens is 390 g/mol. The van der Waals surface area contributed by atoms with Crippen LogP contribution in [0.15, 0.2) is 41.4 Å². The predicted octanol–water partition coefficient (Wildman–Crippen LogP) is 3.71. The van der Waals surface area contributed by atoms with Crippen molar-refractivity contribution in [2.75, 3.05) is 41.0 Å². The van der Waals surface area contributed by atoms with Gasteiger partial charge >= 0.3 is 0 Å². The fourth-order valence-electron chi connectivity index (χ4n) is 2.97. The Morgan fingerprint density at radius 1 is 0.897 bits per heavy atom. The predicted molar refractivity (Wildman–Crippen MR) is 119 cm³/mol. The Kier molecular flexibility index (Phi) is 9.44. The summed E-state index contributed by atoms with van der Waals surface area (Å²) in [5.74, 6) is 2.72. The second-order valence-corrected chi connectivity index (χ2v) is 6.74. The van der Waals surface area contributed by atoms with Crippen molar-refractivity contribution in [1.82, 2.24) is 10.6 Å². The van der Waals surface area contributed by atoms with Gasteiger partial charge in [-0.15, -0.1) is 0 Å². The first-order valence-corrected chi connectivity index (χ1v) is 10.0. The van der Waals surface area contributed by atoms with Gasteiger partial charge in [0.1, 0.15) is 0 Å². The molecule has 2 rings (SSSR count). The molecule has 0 spiro atoms. The monoisotopic (exact) mass is 419 g/mol. The average molecular weight is 420 g/mol. The Balaban J connectivity index is 1.97. The first kappa shape index (κ1) is 22.7. The van der Waals surface area contributed by atoms with E-state index in [1.54, 1.807) is 21.3 Å². The van der Waals surface area contributed by atoms with Gasteiger partial charge < -0.3 is 24.8 Å². The minimum Gasteiger partial charge on any atom is -0.493 e. The van der Waals surface area contributed by atoms with Crippen LogP contribution in [0.4, 0.5) is 0 Å². The molecule has 0 aliphatic rings. The third-order valence-corrected chi connectivity index (χ3v) is 4.65. The number of halogens is 1. The maximum absolute atomic E-state index is 5.93. The van der Waals surface area contributed by atoms with Gasteiger partial charge in [0, 0.05) is 30.2 Å². The molecule has 158 valence electrons. The summed E-state index contributed by atoms with van der Waals surface area (Å²) < 4.78 is 16.3. The van der Waals surface area contributed by atoms with Gasteiger partial charge in [-0.2, -0.15) is 0 Å². The van der Waals surface area contributed by atoms with Gasteiger partial charge in [-0.3, -0.25) is 4.99 Å². The Hall–Kier alpha value is -2.60. The van der Waals surface area contributed by atoms with Crippen LogP contribution in [0, 0.1) is 0 Å². The van der Waals surface area contributed by atoms with Crippen LogP contribution in [0.25, 0.3) is 0 Å². The number of nitrogens with one attached hydrogen (secondary N) is 2. The zero-order valence-electron chi connectivity index (χ0n) is 17.5. The fourth-order valence-corrected chi connectivity index (χ4v) is 3.09. The van der Waals surface area contributed by atoms with Crippen LogP contribution in [0.5, 0.6) is 17.2 Å². The van der Waals surface area contributed by atoms with E-state index < -0.39 is 0 Å². The molecule has 0 bridgehead atoms. The molecular formula is C22H30ClN3O3. The van der Waals surface area contributed by atoms with Crippen LogP contribution >= 0.6 is 11.6 Å². The summed E-state index contributed by atoms with van der Waals surface area (Å²) in [4.78, 5) is 4.67. The molecule has 0 saturated heterocycles. The largest absolute Gasteiger partial charge is 0.493 e. The van der Waals surface area contributed by atoms with Crippen molar-refractivity contribution in [1.29, 1.82) is 0 Å². The molecule has 0 saturated carbocycles. The molecule has 0 aliphatic heterocycles. The zero-order chi connectivity index (χ0) is 21.1. The normalized spacial score (nSPS) is 11.1. The number of guanidine groups is 1. The minimum absolute atomic E-state index is 0.601. The van der Waals surface area contributed by atoms with Gasteiger partial charge in [-0.05, 0) is 43.5 Å². The van der Waals surface area contributed by atoms with Crippen molar-refractivity contribution in [2.45, 2.75) is 19.8 Å². The van der Waals surface area contributed by atoms with Crippen LogP contribution < -0.4 is 24.8 Å². The number of ether oxygens (including phenoxy) is 3. The lowest BCUT2D eigenvalue weighted by molar-refractivity contribution is 0.322. The maximum Gasteiger partial charge on any atom is 0.203 e. The SMILES string of the molecule is CCNC(=NCCc1ccc(OC)c(OC)c1OC)NCCc1ccc(Cl)cc1. The van der Waals surface area contributed by atoms with Gasteiger partial charge in [0.05, 0.1) is 21.3 Å². The van der Waals surface area contributed by atoms with Crippen molar-refractivity contribution < 1.29 is 14.2 Å². The van der Waals surface area contributed by atoms with Crippen LogP contribution in [0.1, 0.15) is 18.1 Å². The summed E-state index contributed by atoms with van der Waals surface area (Å²) in [7, 11) is 4.85. The fraction of sp³-hybridized carbons (Fsp3) is 0.409. The number of methoxy groups -OCH3 is 3. The number of nitrogens with zero attached hydrogens (tertiary/aromatic N) is 1. The molecule has 29 heavy (non-hydrogen) atoms.